The molecule has 0 bridgehead atoms. The second-order valence-corrected chi connectivity index (χ2v) is 9.21. The number of nitro benzene ring substituents is 1. The van der Waals surface area contributed by atoms with Crippen LogP contribution in [0.1, 0.15) is 29.2 Å². The van der Waals surface area contributed by atoms with Crippen molar-refractivity contribution in [3.8, 4) is 17.4 Å². The Bertz CT molecular complexity index is 1640. The predicted octanol–water partition coefficient (Wildman–Crippen LogP) is 6.74. The Morgan fingerprint density at radius 1 is 0.956 bits per heavy atom. The smallest absolute Gasteiger partial charge is 0.485 e. The van der Waals surface area contributed by atoms with Crippen molar-refractivity contribution in [3.05, 3.63) is 123 Å². The fourth-order valence-electron chi connectivity index (χ4n) is 4.03. The number of amides is 1. The Morgan fingerprint density at radius 3 is 2.20 bits per heavy atom. The SMILES string of the molecule is CCOC(=O)NN=C(Cc1cccnc1OC(F)(F)F)c1cc(OCc2ccccc2)c(OCc2ccccc2)c([N+](=O)[O-])c1. The molecule has 0 unspecified atom stereocenters. The second-order valence-electron chi connectivity index (χ2n) is 9.21. The number of nitro groups is 1. The molecule has 1 amide bonds. The van der Waals surface area contributed by atoms with Gasteiger partial charge < -0.3 is 18.9 Å². The van der Waals surface area contributed by atoms with Crippen LogP contribution in [-0.4, -0.2) is 34.7 Å². The Morgan fingerprint density at radius 2 is 1.60 bits per heavy atom. The molecule has 3 aromatic carbocycles. The number of nitrogens with one attached hydrogen (secondary N) is 1. The molecule has 0 saturated heterocycles. The number of aromatic nitrogens is 1. The summed E-state index contributed by atoms with van der Waals surface area (Å²) in [5.74, 6) is -0.976. The maximum Gasteiger partial charge on any atom is 0.574 e. The van der Waals surface area contributed by atoms with Gasteiger partial charge in [-0.2, -0.15) is 5.10 Å². The number of halogens is 3. The Balaban J connectivity index is 1.81. The summed E-state index contributed by atoms with van der Waals surface area (Å²) in [5, 5.41) is 16.4. The number of carbonyl (C=O) groups is 1. The Kier molecular flexibility index (Phi) is 10.9. The van der Waals surface area contributed by atoms with Crippen LogP contribution < -0.4 is 19.6 Å². The van der Waals surface area contributed by atoms with Crippen LogP contribution in [0.25, 0.3) is 0 Å². The van der Waals surface area contributed by atoms with E-state index in [4.69, 9.17) is 14.2 Å². The molecule has 4 aromatic rings. The maximum atomic E-state index is 13.1. The van der Waals surface area contributed by atoms with Crippen molar-refractivity contribution in [2.24, 2.45) is 5.10 Å². The highest BCUT2D eigenvalue weighted by Crippen LogP contribution is 2.40. The number of ether oxygens (including phenoxy) is 4. The van der Waals surface area contributed by atoms with E-state index in [0.717, 1.165) is 23.4 Å². The van der Waals surface area contributed by atoms with Crippen LogP contribution in [0.5, 0.6) is 17.4 Å². The molecule has 0 aliphatic heterocycles. The van der Waals surface area contributed by atoms with Gasteiger partial charge in [0.25, 0.3) is 0 Å². The lowest BCUT2D eigenvalue weighted by molar-refractivity contribution is -0.386. The summed E-state index contributed by atoms with van der Waals surface area (Å²) in [7, 11) is 0. The first-order valence-corrected chi connectivity index (χ1v) is 13.5. The summed E-state index contributed by atoms with van der Waals surface area (Å²) in [6, 6.07) is 23.2. The molecule has 1 N–H and O–H groups in total. The van der Waals surface area contributed by atoms with Crippen molar-refractivity contribution in [1.29, 1.82) is 0 Å². The molecule has 45 heavy (non-hydrogen) atoms. The lowest BCUT2D eigenvalue weighted by Crippen LogP contribution is -2.23. The van der Waals surface area contributed by atoms with E-state index >= 15 is 0 Å². The number of hydrogen-bond acceptors (Lipinski definition) is 9. The van der Waals surface area contributed by atoms with E-state index in [1.165, 1.54) is 18.2 Å². The third-order valence-corrected chi connectivity index (χ3v) is 6.01. The lowest BCUT2D eigenvalue weighted by Gasteiger charge is -2.17. The number of carbonyl (C=O) groups excluding carboxylic acids is 1. The first kappa shape index (κ1) is 32.3. The molecule has 0 spiro atoms. The molecular formula is C31H27F3N4O7. The molecule has 0 aliphatic carbocycles. The molecule has 0 atom stereocenters. The zero-order chi connectivity index (χ0) is 32.2. The molecule has 14 heteroatoms. The molecule has 0 radical (unpaired) electrons. The van der Waals surface area contributed by atoms with Crippen molar-refractivity contribution in [2.75, 3.05) is 6.61 Å². The standard InChI is InChI=1S/C31H27F3N4O7/c1-2-42-30(39)37-36-25(16-23-14-9-15-35-29(23)45-31(32,33)34)24-17-26(38(40)41)28(44-20-22-12-7-4-8-13-22)27(18-24)43-19-21-10-5-3-6-11-21/h3-15,17-18H,2,16,19-20H2,1H3,(H,37,39). The first-order valence-electron chi connectivity index (χ1n) is 13.5. The number of alkyl halides is 3. The Hall–Kier alpha value is -5.66. The molecule has 0 fully saturated rings. The topological polar surface area (TPSA) is 134 Å². The van der Waals surface area contributed by atoms with Gasteiger partial charge in [-0.15, -0.1) is 13.2 Å². The quantitative estimate of drug-likeness (QED) is 0.0982. The molecule has 0 saturated carbocycles. The van der Waals surface area contributed by atoms with E-state index in [9.17, 15) is 28.1 Å². The molecule has 1 aromatic heterocycles. The van der Waals surface area contributed by atoms with E-state index in [-0.39, 0.29) is 48.2 Å². The van der Waals surface area contributed by atoms with Gasteiger partial charge in [0.1, 0.15) is 13.2 Å². The van der Waals surface area contributed by atoms with Gasteiger partial charge in [-0.1, -0.05) is 66.7 Å². The van der Waals surface area contributed by atoms with Gasteiger partial charge in [0.2, 0.25) is 11.6 Å². The van der Waals surface area contributed by atoms with Crippen molar-refractivity contribution >= 4 is 17.5 Å². The van der Waals surface area contributed by atoms with Crippen LogP contribution in [-0.2, 0) is 24.4 Å². The van der Waals surface area contributed by atoms with Crippen LogP contribution in [0.4, 0.5) is 23.7 Å². The van der Waals surface area contributed by atoms with Gasteiger partial charge in [0.05, 0.1) is 17.2 Å². The predicted molar refractivity (Wildman–Crippen MR) is 156 cm³/mol. The summed E-state index contributed by atoms with van der Waals surface area (Å²) < 4.78 is 60.2. The highest BCUT2D eigenvalue weighted by atomic mass is 19.4. The third kappa shape index (κ3) is 9.68. The van der Waals surface area contributed by atoms with Crippen molar-refractivity contribution < 1.29 is 41.8 Å². The fraction of sp³-hybridized carbons (Fsp3) is 0.194. The molecule has 234 valence electrons. The number of rotatable bonds is 13. The number of benzene rings is 3. The normalized spacial score (nSPS) is 11.4. The van der Waals surface area contributed by atoms with E-state index in [1.54, 1.807) is 55.5 Å². The zero-order valence-corrected chi connectivity index (χ0v) is 23.8. The number of hydrogen-bond donors (Lipinski definition) is 1. The summed E-state index contributed by atoms with van der Waals surface area (Å²) in [6.07, 6.45) is -5.29. The van der Waals surface area contributed by atoms with E-state index in [2.05, 4.69) is 20.2 Å². The largest absolute Gasteiger partial charge is 0.574 e. The minimum atomic E-state index is -5.04. The van der Waals surface area contributed by atoms with Gasteiger partial charge in [0.15, 0.2) is 5.75 Å². The summed E-state index contributed by atoms with van der Waals surface area (Å²) >= 11 is 0. The molecule has 11 nitrogen and oxygen atoms in total. The van der Waals surface area contributed by atoms with E-state index in [0.29, 0.717) is 0 Å². The highest BCUT2D eigenvalue weighted by Gasteiger charge is 2.33. The van der Waals surface area contributed by atoms with Crippen LogP contribution in [0, 0.1) is 10.1 Å². The molecule has 0 aliphatic rings. The average molecular weight is 625 g/mol. The minimum absolute atomic E-state index is 0.00285. The van der Waals surface area contributed by atoms with Crippen LogP contribution in [0.15, 0.2) is 96.2 Å². The molecule has 1 heterocycles. The summed E-state index contributed by atoms with van der Waals surface area (Å²) in [4.78, 5) is 27.4. The van der Waals surface area contributed by atoms with Gasteiger partial charge in [0, 0.05) is 29.8 Å². The number of hydrazone groups is 1. The summed E-state index contributed by atoms with van der Waals surface area (Å²) in [6.45, 7) is 1.55. The van der Waals surface area contributed by atoms with Gasteiger partial charge >= 0.3 is 18.1 Å². The zero-order valence-electron chi connectivity index (χ0n) is 23.8. The van der Waals surface area contributed by atoms with Gasteiger partial charge in [-0.05, 0) is 30.2 Å². The van der Waals surface area contributed by atoms with Crippen LogP contribution >= 0.6 is 0 Å². The fourth-order valence-corrected chi connectivity index (χ4v) is 4.03. The van der Waals surface area contributed by atoms with E-state index < -0.39 is 35.4 Å². The second kappa shape index (κ2) is 15.2. The van der Waals surface area contributed by atoms with E-state index in [1.807, 2.05) is 12.1 Å². The minimum Gasteiger partial charge on any atom is -0.485 e. The van der Waals surface area contributed by atoms with Crippen molar-refractivity contribution in [3.63, 3.8) is 0 Å². The third-order valence-electron chi connectivity index (χ3n) is 6.01. The highest BCUT2D eigenvalue weighted by molar-refractivity contribution is 6.03. The van der Waals surface area contributed by atoms with Crippen molar-refractivity contribution in [1.82, 2.24) is 10.4 Å². The van der Waals surface area contributed by atoms with Crippen molar-refractivity contribution in [2.45, 2.75) is 32.9 Å². The average Bonchev–Trinajstić information content (AvgIpc) is 3.02. The first-order chi connectivity index (χ1) is 21.6. The monoisotopic (exact) mass is 624 g/mol. The van der Waals surface area contributed by atoms with Crippen LogP contribution in [0.2, 0.25) is 0 Å². The lowest BCUT2D eigenvalue weighted by atomic mass is 10.0. The van der Waals surface area contributed by atoms with Gasteiger partial charge in [-0.25, -0.2) is 15.2 Å². The number of nitrogens with zero attached hydrogens (tertiary/aromatic N) is 3. The number of pyridine rings is 1. The van der Waals surface area contributed by atoms with Gasteiger partial charge in [-0.3, -0.25) is 10.1 Å². The Labute approximate surface area is 255 Å². The van der Waals surface area contributed by atoms with Crippen LogP contribution in [0.3, 0.4) is 0 Å². The summed E-state index contributed by atoms with van der Waals surface area (Å²) in [5.41, 5.74) is 3.01. The maximum absolute atomic E-state index is 13.1. The molecule has 4 rings (SSSR count). The molecular weight excluding hydrogens is 597 g/mol.